The second-order valence-corrected chi connectivity index (χ2v) is 7.10. The largest absolute Gasteiger partial charge is 0.382 e. The average Bonchev–Trinajstić information content (AvgIpc) is 3.00. The first-order chi connectivity index (χ1) is 10.9. The molecular weight excluding hydrogens is 396 g/mol. The molecule has 2 N–H and O–H groups in total. The molecule has 1 fully saturated rings. The first-order valence-corrected chi connectivity index (χ1v) is 8.65. The van der Waals surface area contributed by atoms with E-state index in [-0.39, 0.29) is 18.3 Å². The number of carbonyl (C=O) groups excluding carboxylic acids is 1. The lowest BCUT2D eigenvalue weighted by Gasteiger charge is -2.29. The SMILES string of the molecule is COCCOCC1CCN(C(=O)C(C)(N)c2ccc(Br)cc2)C1.Cl. The zero-order valence-electron chi connectivity index (χ0n) is 14.2. The minimum Gasteiger partial charge on any atom is -0.382 e. The molecule has 1 aliphatic heterocycles. The van der Waals surface area contributed by atoms with Crippen molar-refractivity contribution in [2.45, 2.75) is 18.9 Å². The predicted molar refractivity (Wildman–Crippen MR) is 100 cm³/mol. The van der Waals surface area contributed by atoms with E-state index in [0.717, 1.165) is 23.0 Å². The molecule has 0 aromatic heterocycles. The van der Waals surface area contributed by atoms with Crippen molar-refractivity contribution in [2.75, 3.05) is 40.0 Å². The Balaban J connectivity index is 0.00000288. The van der Waals surface area contributed by atoms with Crippen LogP contribution in [0.15, 0.2) is 28.7 Å². The fraction of sp³-hybridized carbons (Fsp3) is 0.588. The Labute approximate surface area is 158 Å². The Morgan fingerprint density at radius 3 is 2.67 bits per heavy atom. The van der Waals surface area contributed by atoms with Gasteiger partial charge >= 0.3 is 0 Å². The Bertz CT molecular complexity index is 525. The van der Waals surface area contributed by atoms with Gasteiger partial charge in [0.05, 0.1) is 19.8 Å². The van der Waals surface area contributed by atoms with E-state index in [1.165, 1.54) is 0 Å². The van der Waals surface area contributed by atoms with E-state index >= 15 is 0 Å². The maximum Gasteiger partial charge on any atom is 0.246 e. The second-order valence-electron chi connectivity index (χ2n) is 6.18. The first kappa shape index (κ1) is 21.4. The van der Waals surface area contributed by atoms with Crippen molar-refractivity contribution < 1.29 is 14.3 Å². The molecule has 0 spiro atoms. The van der Waals surface area contributed by atoms with Gasteiger partial charge < -0.3 is 20.1 Å². The molecule has 1 aromatic carbocycles. The summed E-state index contributed by atoms with van der Waals surface area (Å²) in [4.78, 5) is 14.7. The zero-order chi connectivity index (χ0) is 16.9. The monoisotopic (exact) mass is 420 g/mol. The van der Waals surface area contributed by atoms with Gasteiger partial charge in [0.15, 0.2) is 0 Å². The maximum absolute atomic E-state index is 12.8. The summed E-state index contributed by atoms with van der Waals surface area (Å²) in [5.41, 5.74) is 6.16. The standard InChI is InChI=1S/C17H25BrN2O3.ClH/c1-17(19,14-3-5-15(18)6-4-14)16(21)20-8-7-13(11-20)12-23-10-9-22-2;/h3-6,13H,7-12,19H2,1-2H3;1H. The normalized spacial score (nSPS) is 19.7. The minimum absolute atomic E-state index is 0. The lowest BCUT2D eigenvalue weighted by atomic mass is 9.92. The van der Waals surface area contributed by atoms with E-state index in [9.17, 15) is 4.79 Å². The van der Waals surface area contributed by atoms with E-state index in [1.54, 1.807) is 14.0 Å². The van der Waals surface area contributed by atoms with Crippen LogP contribution >= 0.6 is 28.3 Å². The Morgan fingerprint density at radius 1 is 1.38 bits per heavy atom. The summed E-state index contributed by atoms with van der Waals surface area (Å²) in [6.07, 6.45) is 0.954. The number of carbonyl (C=O) groups is 1. The van der Waals surface area contributed by atoms with Crippen LogP contribution in [-0.2, 0) is 19.8 Å². The number of hydrogen-bond donors (Lipinski definition) is 1. The highest BCUT2D eigenvalue weighted by Crippen LogP contribution is 2.26. The molecule has 1 saturated heterocycles. The van der Waals surface area contributed by atoms with E-state index in [1.807, 2.05) is 29.2 Å². The summed E-state index contributed by atoms with van der Waals surface area (Å²) in [6.45, 7) is 5.07. The summed E-state index contributed by atoms with van der Waals surface area (Å²) in [5.74, 6) is 0.343. The van der Waals surface area contributed by atoms with Crippen LogP contribution in [0.3, 0.4) is 0 Å². The van der Waals surface area contributed by atoms with Gasteiger partial charge in [-0.1, -0.05) is 28.1 Å². The molecule has 2 unspecified atom stereocenters. The summed E-state index contributed by atoms with van der Waals surface area (Å²) in [5, 5.41) is 0. The highest BCUT2D eigenvalue weighted by atomic mass is 79.9. The van der Waals surface area contributed by atoms with Crippen molar-refractivity contribution in [2.24, 2.45) is 11.7 Å². The molecule has 0 radical (unpaired) electrons. The van der Waals surface area contributed by atoms with Gasteiger partial charge in [-0.05, 0) is 31.0 Å². The van der Waals surface area contributed by atoms with Crippen LogP contribution in [-0.4, -0.2) is 50.8 Å². The van der Waals surface area contributed by atoms with Crippen LogP contribution in [0, 0.1) is 5.92 Å². The lowest BCUT2D eigenvalue weighted by Crippen LogP contribution is -2.50. The number of halogens is 2. The van der Waals surface area contributed by atoms with Crippen LogP contribution in [0.2, 0.25) is 0 Å². The number of benzene rings is 1. The fourth-order valence-electron chi connectivity index (χ4n) is 2.79. The average molecular weight is 422 g/mol. The number of likely N-dealkylation sites (tertiary alicyclic amines) is 1. The van der Waals surface area contributed by atoms with E-state index < -0.39 is 5.54 Å². The highest BCUT2D eigenvalue weighted by molar-refractivity contribution is 9.10. The molecular formula is C17H26BrClN2O3. The van der Waals surface area contributed by atoms with Crippen molar-refractivity contribution >= 4 is 34.2 Å². The molecule has 24 heavy (non-hydrogen) atoms. The predicted octanol–water partition coefficient (Wildman–Crippen LogP) is 2.56. The third kappa shape index (κ3) is 5.43. The number of nitrogens with two attached hydrogens (primary N) is 1. The summed E-state index contributed by atoms with van der Waals surface area (Å²) in [6, 6.07) is 7.60. The summed E-state index contributed by atoms with van der Waals surface area (Å²) in [7, 11) is 1.66. The van der Waals surface area contributed by atoms with Crippen LogP contribution in [0.25, 0.3) is 0 Å². The first-order valence-electron chi connectivity index (χ1n) is 7.86. The lowest BCUT2D eigenvalue weighted by molar-refractivity contribution is -0.135. The maximum atomic E-state index is 12.8. The molecule has 2 rings (SSSR count). The quantitative estimate of drug-likeness (QED) is 0.687. The summed E-state index contributed by atoms with van der Waals surface area (Å²) >= 11 is 3.40. The van der Waals surface area contributed by atoms with E-state index in [4.69, 9.17) is 15.2 Å². The van der Waals surface area contributed by atoms with Crippen molar-refractivity contribution in [3.8, 4) is 0 Å². The number of amides is 1. The molecule has 136 valence electrons. The third-order valence-corrected chi connectivity index (χ3v) is 4.78. The van der Waals surface area contributed by atoms with Gasteiger partial charge in [-0.2, -0.15) is 0 Å². The molecule has 5 nitrogen and oxygen atoms in total. The number of hydrogen-bond acceptors (Lipinski definition) is 4. The fourth-order valence-corrected chi connectivity index (χ4v) is 3.06. The molecule has 0 saturated carbocycles. The van der Waals surface area contributed by atoms with Crippen LogP contribution in [0.1, 0.15) is 18.9 Å². The van der Waals surface area contributed by atoms with Gasteiger partial charge in [0.1, 0.15) is 5.54 Å². The van der Waals surface area contributed by atoms with Gasteiger partial charge in [0.25, 0.3) is 0 Å². The number of nitrogens with zero attached hydrogens (tertiary/aromatic N) is 1. The van der Waals surface area contributed by atoms with E-state index in [2.05, 4.69) is 15.9 Å². The molecule has 1 aliphatic rings. The second kappa shape index (κ2) is 9.73. The molecule has 7 heteroatoms. The van der Waals surface area contributed by atoms with E-state index in [0.29, 0.717) is 32.3 Å². The summed E-state index contributed by atoms with van der Waals surface area (Å²) < 4.78 is 11.5. The zero-order valence-corrected chi connectivity index (χ0v) is 16.6. The van der Waals surface area contributed by atoms with Gasteiger partial charge in [-0.3, -0.25) is 4.79 Å². The molecule has 0 aliphatic carbocycles. The smallest absolute Gasteiger partial charge is 0.246 e. The topological polar surface area (TPSA) is 64.8 Å². The number of methoxy groups -OCH3 is 1. The van der Waals surface area contributed by atoms with Crippen molar-refractivity contribution in [1.82, 2.24) is 4.90 Å². The Morgan fingerprint density at radius 2 is 2.04 bits per heavy atom. The molecule has 1 heterocycles. The highest BCUT2D eigenvalue weighted by Gasteiger charge is 2.37. The van der Waals surface area contributed by atoms with Gasteiger partial charge in [-0.15, -0.1) is 12.4 Å². The van der Waals surface area contributed by atoms with Crippen LogP contribution in [0.5, 0.6) is 0 Å². The molecule has 1 amide bonds. The third-order valence-electron chi connectivity index (χ3n) is 4.25. The van der Waals surface area contributed by atoms with Crippen LogP contribution in [0.4, 0.5) is 0 Å². The van der Waals surface area contributed by atoms with Gasteiger partial charge in [-0.25, -0.2) is 0 Å². The van der Waals surface area contributed by atoms with Gasteiger partial charge in [0, 0.05) is 30.6 Å². The molecule has 0 bridgehead atoms. The van der Waals surface area contributed by atoms with Crippen molar-refractivity contribution in [1.29, 1.82) is 0 Å². The number of rotatable bonds is 7. The van der Waals surface area contributed by atoms with Gasteiger partial charge in [0.2, 0.25) is 5.91 Å². The number of ether oxygens (including phenoxy) is 2. The minimum atomic E-state index is -1.01. The Kier molecular flexibility index (Phi) is 8.67. The van der Waals surface area contributed by atoms with Crippen molar-refractivity contribution in [3.63, 3.8) is 0 Å². The molecule has 1 aromatic rings. The Hall–Kier alpha value is -0.660. The van der Waals surface area contributed by atoms with Crippen LogP contribution < -0.4 is 5.73 Å². The van der Waals surface area contributed by atoms with Crippen molar-refractivity contribution in [3.05, 3.63) is 34.3 Å². The molecule has 2 atom stereocenters.